The zero-order chi connectivity index (χ0) is 13.2. The second-order valence-electron chi connectivity index (χ2n) is 3.53. The molecule has 1 heterocycles. The van der Waals surface area contributed by atoms with Crippen LogP contribution in [0.15, 0.2) is 46.0 Å². The van der Waals surface area contributed by atoms with Gasteiger partial charge in [-0.1, -0.05) is 17.7 Å². The molecule has 0 radical (unpaired) electrons. The van der Waals surface area contributed by atoms with E-state index >= 15 is 0 Å². The average molecular weight is 329 g/mol. The molecule has 1 aromatic heterocycles. The summed E-state index contributed by atoms with van der Waals surface area (Å²) in [4.78, 5) is 7.56. The lowest BCUT2D eigenvalue weighted by Crippen LogP contribution is -2.11. The van der Waals surface area contributed by atoms with Crippen LogP contribution in [0.25, 0.3) is 0 Å². The van der Waals surface area contributed by atoms with Crippen molar-refractivity contribution in [3.05, 3.63) is 46.7 Å². The largest absolute Gasteiger partial charge is 0.341 e. The van der Waals surface area contributed by atoms with E-state index in [9.17, 15) is 8.42 Å². The van der Waals surface area contributed by atoms with E-state index in [0.717, 1.165) is 5.56 Å². The fraction of sp³-hybridized carbons (Fsp3) is 0.0909. The summed E-state index contributed by atoms with van der Waals surface area (Å²) >= 11 is 3.15. The molecule has 0 aliphatic heterocycles. The molecule has 94 valence electrons. The SMILES string of the molecule is Cc1ccc(S(=O)(=O)Oc2ncc(Br)cn2)cc1. The van der Waals surface area contributed by atoms with E-state index in [1.807, 2.05) is 6.92 Å². The summed E-state index contributed by atoms with van der Waals surface area (Å²) in [6, 6.07) is 6.13. The second-order valence-corrected chi connectivity index (χ2v) is 6.00. The fourth-order valence-corrected chi connectivity index (χ4v) is 2.25. The number of rotatable bonds is 3. The van der Waals surface area contributed by atoms with Gasteiger partial charge < -0.3 is 4.18 Å². The van der Waals surface area contributed by atoms with Gasteiger partial charge >= 0.3 is 16.1 Å². The van der Waals surface area contributed by atoms with Crippen LogP contribution in [0.3, 0.4) is 0 Å². The molecule has 0 saturated carbocycles. The van der Waals surface area contributed by atoms with E-state index < -0.39 is 10.1 Å². The Morgan fingerprint density at radius 1 is 1.11 bits per heavy atom. The highest BCUT2D eigenvalue weighted by atomic mass is 79.9. The molecule has 0 bridgehead atoms. The number of halogens is 1. The zero-order valence-electron chi connectivity index (χ0n) is 9.37. The third-order valence-corrected chi connectivity index (χ3v) is 3.72. The summed E-state index contributed by atoms with van der Waals surface area (Å²) in [5, 5.41) is 0. The van der Waals surface area contributed by atoms with Gasteiger partial charge in [-0.05, 0) is 35.0 Å². The number of hydrogen-bond donors (Lipinski definition) is 0. The lowest BCUT2D eigenvalue weighted by atomic mass is 10.2. The molecule has 2 aromatic rings. The Kier molecular flexibility index (Phi) is 3.63. The molecular formula is C11H9BrN2O3S. The van der Waals surface area contributed by atoms with E-state index in [4.69, 9.17) is 4.18 Å². The van der Waals surface area contributed by atoms with Crippen LogP contribution < -0.4 is 4.18 Å². The smallest absolute Gasteiger partial charge is 0.339 e. The molecule has 5 nitrogen and oxygen atoms in total. The van der Waals surface area contributed by atoms with Gasteiger partial charge in [-0.3, -0.25) is 0 Å². The number of aryl methyl sites for hydroxylation is 1. The van der Waals surface area contributed by atoms with Crippen molar-refractivity contribution in [2.24, 2.45) is 0 Å². The van der Waals surface area contributed by atoms with Crippen LogP contribution >= 0.6 is 15.9 Å². The molecule has 18 heavy (non-hydrogen) atoms. The normalized spacial score (nSPS) is 11.2. The van der Waals surface area contributed by atoms with Crippen molar-refractivity contribution in [3.63, 3.8) is 0 Å². The Bertz CT molecular complexity index is 639. The van der Waals surface area contributed by atoms with Crippen LogP contribution in [0.1, 0.15) is 5.56 Å². The number of hydrogen-bond acceptors (Lipinski definition) is 5. The van der Waals surface area contributed by atoms with Crippen molar-refractivity contribution < 1.29 is 12.6 Å². The maximum atomic E-state index is 11.9. The Morgan fingerprint density at radius 3 is 2.22 bits per heavy atom. The Balaban J connectivity index is 2.27. The molecule has 0 unspecified atom stereocenters. The van der Waals surface area contributed by atoms with Gasteiger partial charge in [-0.15, -0.1) is 0 Å². The lowest BCUT2D eigenvalue weighted by molar-refractivity contribution is 0.463. The molecule has 2 rings (SSSR count). The van der Waals surface area contributed by atoms with E-state index in [-0.39, 0.29) is 10.9 Å². The Labute approximate surface area is 113 Å². The summed E-state index contributed by atoms with van der Waals surface area (Å²) < 4.78 is 29.2. The molecule has 0 saturated heterocycles. The van der Waals surface area contributed by atoms with Crippen molar-refractivity contribution in [2.45, 2.75) is 11.8 Å². The first kappa shape index (κ1) is 13.0. The summed E-state index contributed by atoms with van der Waals surface area (Å²) in [7, 11) is -3.88. The van der Waals surface area contributed by atoms with Gasteiger partial charge in [0, 0.05) is 12.4 Å². The van der Waals surface area contributed by atoms with Crippen LogP contribution in [0, 0.1) is 6.92 Å². The first-order chi connectivity index (χ1) is 8.47. The van der Waals surface area contributed by atoms with Crippen LogP contribution in [0.5, 0.6) is 6.01 Å². The van der Waals surface area contributed by atoms with Gasteiger partial charge in [0.05, 0.1) is 4.47 Å². The molecule has 0 spiro atoms. The van der Waals surface area contributed by atoms with Gasteiger partial charge in [0.2, 0.25) is 0 Å². The monoisotopic (exact) mass is 328 g/mol. The number of aromatic nitrogens is 2. The van der Waals surface area contributed by atoms with Crippen LogP contribution in [-0.2, 0) is 10.1 Å². The number of nitrogens with zero attached hydrogens (tertiary/aromatic N) is 2. The molecule has 0 aliphatic rings. The third-order valence-electron chi connectivity index (χ3n) is 2.09. The topological polar surface area (TPSA) is 69.2 Å². The van der Waals surface area contributed by atoms with Gasteiger partial charge in [0.25, 0.3) is 0 Å². The summed E-state index contributed by atoms with van der Waals surface area (Å²) in [6.07, 6.45) is 2.82. The van der Waals surface area contributed by atoms with E-state index in [0.29, 0.717) is 4.47 Å². The minimum Gasteiger partial charge on any atom is -0.339 e. The van der Waals surface area contributed by atoms with Crippen molar-refractivity contribution in [1.29, 1.82) is 0 Å². The highest BCUT2D eigenvalue weighted by Crippen LogP contribution is 2.16. The van der Waals surface area contributed by atoms with Crippen LogP contribution in [0.2, 0.25) is 0 Å². The van der Waals surface area contributed by atoms with Crippen molar-refractivity contribution in [3.8, 4) is 6.01 Å². The van der Waals surface area contributed by atoms with Crippen molar-refractivity contribution >= 4 is 26.0 Å². The molecule has 0 N–H and O–H groups in total. The molecule has 7 heteroatoms. The zero-order valence-corrected chi connectivity index (χ0v) is 11.8. The van der Waals surface area contributed by atoms with Crippen LogP contribution in [0.4, 0.5) is 0 Å². The first-order valence-corrected chi connectivity index (χ1v) is 7.16. The summed E-state index contributed by atoms with van der Waals surface area (Å²) in [5.74, 6) is 0. The van der Waals surface area contributed by atoms with E-state index in [2.05, 4.69) is 25.9 Å². The standard InChI is InChI=1S/C11H9BrN2O3S/c1-8-2-4-10(5-3-8)18(15,16)17-11-13-6-9(12)7-14-11/h2-7H,1H3. The summed E-state index contributed by atoms with van der Waals surface area (Å²) in [6.45, 7) is 1.87. The maximum Gasteiger partial charge on any atom is 0.341 e. The molecular weight excluding hydrogens is 320 g/mol. The minimum absolute atomic E-state index is 0.0691. The van der Waals surface area contributed by atoms with Crippen LogP contribution in [-0.4, -0.2) is 18.4 Å². The first-order valence-electron chi connectivity index (χ1n) is 4.96. The highest BCUT2D eigenvalue weighted by molar-refractivity contribution is 9.10. The van der Waals surface area contributed by atoms with Crippen molar-refractivity contribution in [1.82, 2.24) is 9.97 Å². The molecule has 0 amide bonds. The molecule has 0 aliphatic carbocycles. The average Bonchev–Trinajstić information content (AvgIpc) is 2.32. The third kappa shape index (κ3) is 3.05. The van der Waals surface area contributed by atoms with Gasteiger partial charge in [-0.25, -0.2) is 9.97 Å². The minimum atomic E-state index is -3.88. The fourth-order valence-electron chi connectivity index (χ4n) is 1.19. The summed E-state index contributed by atoms with van der Waals surface area (Å²) in [5.41, 5.74) is 0.967. The van der Waals surface area contributed by atoms with Gasteiger partial charge in [-0.2, -0.15) is 8.42 Å². The highest BCUT2D eigenvalue weighted by Gasteiger charge is 2.17. The molecule has 1 aromatic carbocycles. The maximum absolute atomic E-state index is 11.9. The predicted octanol–water partition coefficient (Wildman–Crippen LogP) is 2.32. The Hall–Kier alpha value is -1.47. The van der Waals surface area contributed by atoms with Gasteiger partial charge in [0.1, 0.15) is 4.90 Å². The van der Waals surface area contributed by atoms with E-state index in [1.165, 1.54) is 24.5 Å². The number of benzene rings is 1. The van der Waals surface area contributed by atoms with E-state index in [1.54, 1.807) is 12.1 Å². The molecule has 0 atom stereocenters. The quantitative estimate of drug-likeness (QED) is 0.808. The lowest BCUT2D eigenvalue weighted by Gasteiger charge is -2.05. The second kappa shape index (κ2) is 5.03. The Morgan fingerprint density at radius 2 is 1.67 bits per heavy atom. The van der Waals surface area contributed by atoms with Gasteiger partial charge in [0.15, 0.2) is 0 Å². The molecule has 0 fully saturated rings. The predicted molar refractivity (Wildman–Crippen MR) is 68.7 cm³/mol. The van der Waals surface area contributed by atoms with Crippen molar-refractivity contribution in [2.75, 3.05) is 0 Å².